The maximum atomic E-state index is 11.8. The van der Waals surface area contributed by atoms with Gasteiger partial charge in [0.15, 0.2) is 5.78 Å². The summed E-state index contributed by atoms with van der Waals surface area (Å²) in [5, 5.41) is 1.74. The highest BCUT2D eigenvalue weighted by Gasteiger charge is 2.35. The molecular weight excluding hydrogens is 330 g/mol. The second kappa shape index (κ2) is 6.31. The van der Waals surface area contributed by atoms with Crippen LogP contribution in [0.1, 0.15) is 38.2 Å². The van der Waals surface area contributed by atoms with E-state index in [9.17, 15) is 4.79 Å². The minimum Gasteiger partial charge on any atom is -0.293 e. The maximum absolute atomic E-state index is 11.8. The number of aromatic nitrogens is 1. The van der Waals surface area contributed by atoms with Crippen molar-refractivity contribution < 1.29 is 4.79 Å². The van der Waals surface area contributed by atoms with E-state index in [1.54, 1.807) is 6.92 Å². The molecule has 0 amide bonds. The van der Waals surface area contributed by atoms with E-state index in [1.807, 2.05) is 6.07 Å². The summed E-state index contributed by atoms with van der Waals surface area (Å²) in [7, 11) is -1.70. The molecule has 18 heavy (non-hydrogen) atoms. The van der Waals surface area contributed by atoms with Crippen LogP contribution in [0, 0.1) is 0 Å². The lowest BCUT2D eigenvalue weighted by Crippen LogP contribution is -2.49. The Bertz CT molecular complexity index is 452. The van der Waals surface area contributed by atoms with Gasteiger partial charge in [0.05, 0.1) is 8.07 Å². The molecule has 0 aromatic carbocycles. The van der Waals surface area contributed by atoms with E-state index in [0.29, 0.717) is 15.3 Å². The topological polar surface area (TPSA) is 30.0 Å². The lowest BCUT2D eigenvalue weighted by molar-refractivity contribution is 0.101. The van der Waals surface area contributed by atoms with Crippen LogP contribution in [0.2, 0.25) is 23.2 Å². The van der Waals surface area contributed by atoms with Crippen LogP contribution in [0.5, 0.6) is 0 Å². The van der Waals surface area contributed by atoms with Gasteiger partial charge in [0, 0.05) is 11.9 Å². The number of Topliss-reactive ketones (excluding diaryl/α,β-unsaturated/α-hetero) is 1. The molecule has 0 aliphatic carbocycles. The third-order valence-corrected chi connectivity index (χ3v) is 10.3. The Morgan fingerprint density at radius 3 is 2.22 bits per heavy atom. The Kier molecular flexibility index (Phi) is 5.56. The van der Waals surface area contributed by atoms with Gasteiger partial charge in [-0.05, 0) is 27.2 Å². The lowest BCUT2D eigenvalue weighted by Gasteiger charge is -2.30. The highest BCUT2D eigenvalue weighted by molar-refractivity contribution is 9.10. The van der Waals surface area contributed by atoms with Gasteiger partial charge >= 0.3 is 0 Å². The molecule has 1 heterocycles. The van der Waals surface area contributed by atoms with Gasteiger partial charge in [0.25, 0.3) is 0 Å². The van der Waals surface area contributed by atoms with Crippen molar-refractivity contribution in [3.05, 3.63) is 21.4 Å². The van der Waals surface area contributed by atoms with Gasteiger partial charge in [-0.2, -0.15) is 0 Å². The number of rotatable bonds is 5. The summed E-state index contributed by atoms with van der Waals surface area (Å²) < 4.78 is 0.632. The highest BCUT2D eigenvalue weighted by Crippen LogP contribution is 2.27. The molecule has 0 N–H and O–H groups in total. The lowest BCUT2D eigenvalue weighted by atomic mass is 10.3. The Balaban J connectivity index is 3.60. The van der Waals surface area contributed by atoms with Crippen molar-refractivity contribution in [2.75, 3.05) is 0 Å². The quantitative estimate of drug-likeness (QED) is 0.448. The predicted molar refractivity (Wildman–Crippen MR) is 83.8 cm³/mol. The van der Waals surface area contributed by atoms with Crippen LogP contribution < -0.4 is 5.19 Å². The van der Waals surface area contributed by atoms with Crippen molar-refractivity contribution in [2.45, 2.75) is 45.8 Å². The van der Waals surface area contributed by atoms with E-state index in [-0.39, 0.29) is 5.78 Å². The van der Waals surface area contributed by atoms with Crippen molar-refractivity contribution in [1.29, 1.82) is 0 Å². The number of hydrogen-bond donors (Lipinski definition) is 0. The van der Waals surface area contributed by atoms with E-state index in [2.05, 4.69) is 41.7 Å². The number of carbonyl (C=O) groups is 1. The summed E-state index contributed by atoms with van der Waals surface area (Å²) in [6.07, 6.45) is 0. The summed E-state index contributed by atoms with van der Waals surface area (Å²) in [5.41, 5.74) is 0.562. The molecular formula is C13H19BrClNOSi. The zero-order valence-electron chi connectivity index (χ0n) is 11.3. The third-order valence-electron chi connectivity index (χ3n) is 3.83. The molecule has 5 heteroatoms. The minimum atomic E-state index is -1.70. The molecule has 0 saturated carbocycles. The molecule has 0 aliphatic heterocycles. The van der Waals surface area contributed by atoms with Crippen molar-refractivity contribution in [1.82, 2.24) is 4.98 Å². The molecule has 0 radical (unpaired) electrons. The second-order valence-electron chi connectivity index (χ2n) is 4.55. The largest absolute Gasteiger partial charge is 0.293 e. The Morgan fingerprint density at radius 2 is 1.83 bits per heavy atom. The summed E-state index contributed by atoms with van der Waals surface area (Å²) in [6, 6.07) is 5.07. The van der Waals surface area contributed by atoms with Crippen LogP contribution >= 0.6 is 27.5 Å². The van der Waals surface area contributed by atoms with Gasteiger partial charge in [0.2, 0.25) is 0 Å². The molecule has 1 rings (SSSR count). The van der Waals surface area contributed by atoms with E-state index in [4.69, 9.17) is 11.6 Å². The highest BCUT2D eigenvalue weighted by atomic mass is 79.9. The fraction of sp³-hybridized carbons (Fsp3) is 0.538. The molecule has 0 spiro atoms. The molecule has 1 aromatic rings. The number of ketones is 1. The summed E-state index contributed by atoms with van der Waals surface area (Å²) in [5.74, 6) is 0.000394. The monoisotopic (exact) mass is 347 g/mol. The number of pyridine rings is 1. The van der Waals surface area contributed by atoms with E-state index in [0.717, 1.165) is 23.3 Å². The van der Waals surface area contributed by atoms with Crippen LogP contribution in [0.4, 0.5) is 0 Å². The van der Waals surface area contributed by atoms with E-state index in [1.165, 1.54) is 0 Å². The number of halogens is 2. The van der Waals surface area contributed by atoms with Crippen molar-refractivity contribution >= 4 is 46.6 Å². The number of nitrogens with zero attached hydrogens (tertiary/aromatic N) is 1. The van der Waals surface area contributed by atoms with Crippen molar-refractivity contribution in [3.63, 3.8) is 0 Å². The Morgan fingerprint density at radius 1 is 1.33 bits per heavy atom. The number of carbonyl (C=O) groups excluding carboxylic acids is 1. The summed E-state index contributed by atoms with van der Waals surface area (Å²) in [4.78, 5) is 16.2. The fourth-order valence-corrected chi connectivity index (χ4v) is 7.73. The molecule has 100 valence electrons. The van der Waals surface area contributed by atoms with Crippen LogP contribution in [0.25, 0.3) is 0 Å². The average molecular weight is 349 g/mol. The first-order valence-corrected chi connectivity index (χ1v) is 10.1. The fourth-order valence-electron chi connectivity index (χ4n) is 2.52. The normalized spacial score (nSPS) is 11.7. The molecule has 1 aromatic heterocycles. The Hall–Kier alpha value is -0.193. The molecule has 0 bridgehead atoms. The van der Waals surface area contributed by atoms with Crippen molar-refractivity contribution in [2.24, 2.45) is 0 Å². The number of hydrogen-bond acceptors (Lipinski definition) is 2. The van der Waals surface area contributed by atoms with Crippen LogP contribution in [-0.2, 0) is 0 Å². The maximum Gasteiger partial charge on any atom is 0.178 e. The van der Waals surface area contributed by atoms with Gasteiger partial charge in [-0.25, -0.2) is 4.98 Å². The Labute approximate surface area is 123 Å². The van der Waals surface area contributed by atoms with Gasteiger partial charge in [-0.1, -0.05) is 50.5 Å². The molecule has 2 nitrogen and oxygen atoms in total. The smallest absolute Gasteiger partial charge is 0.178 e. The average Bonchev–Trinajstić information content (AvgIpc) is 2.33. The van der Waals surface area contributed by atoms with Gasteiger partial charge in [0.1, 0.15) is 10.3 Å². The van der Waals surface area contributed by atoms with Gasteiger partial charge in [-0.3, -0.25) is 4.79 Å². The van der Waals surface area contributed by atoms with Crippen LogP contribution in [0.15, 0.2) is 10.7 Å². The summed E-state index contributed by atoms with van der Waals surface area (Å²) >= 11 is 9.73. The summed E-state index contributed by atoms with van der Waals surface area (Å²) in [6.45, 7) is 8.15. The standard InChI is InChI=1S/C13H19BrClNOSi/c1-5-18(6-2,7-3)13-10(15)8-11(14)16-12(13)9(4)17/h8H,5-7H2,1-4H3. The van der Waals surface area contributed by atoms with Gasteiger partial charge < -0.3 is 0 Å². The first kappa shape index (κ1) is 15.9. The minimum absolute atomic E-state index is 0.000394. The van der Waals surface area contributed by atoms with E-state index < -0.39 is 8.07 Å². The SMILES string of the molecule is CC[Si](CC)(CC)c1c(Cl)cc(Br)nc1C(C)=O. The second-order valence-corrected chi connectivity index (χ2v) is 10.9. The van der Waals surface area contributed by atoms with E-state index >= 15 is 0 Å². The molecule has 0 atom stereocenters. The zero-order chi connectivity index (χ0) is 13.9. The zero-order valence-corrected chi connectivity index (χ0v) is 14.7. The first-order valence-electron chi connectivity index (χ1n) is 6.29. The predicted octanol–water partition coefficient (Wildman–Crippen LogP) is 4.42. The molecule has 0 fully saturated rings. The van der Waals surface area contributed by atoms with Crippen molar-refractivity contribution in [3.8, 4) is 0 Å². The third kappa shape index (κ3) is 2.86. The van der Waals surface area contributed by atoms with Crippen LogP contribution in [-0.4, -0.2) is 18.8 Å². The molecule has 0 aliphatic rings. The molecule has 0 unspecified atom stereocenters. The van der Waals surface area contributed by atoms with Gasteiger partial charge in [-0.15, -0.1) is 0 Å². The first-order chi connectivity index (χ1) is 8.41. The van der Waals surface area contributed by atoms with Crippen LogP contribution in [0.3, 0.4) is 0 Å². The molecule has 0 saturated heterocycles.